The third-order valence-corrected chi connectivity index (χ3v) is 3.51. The van der Waals surface area contributed by atoms with Crippen LogP contribution in [0.3, 0.4) is 0 Å². The SMILES string of the molecule is NC(=O)c1ccc(COC(=O)Nc2ccc(-c3noc(C(F)(F)F)n3)cc2)cn1. The molecular weight excluding hydrogens is 395 g/mol. The van der Waals surface area contributed by atoms with E-state index in [0.717, 1.165) is 0 Å². The maximum Gasteiger partial charge on any atom is 0.471 e. The normalized spacial score (nSPS) is 11.1. The van der Waals surface area contributed by atoms with Gasteiger partial charge >= 0.3 is 18.2 Å². The minimum absolute atomic E-state index is 0.0854. The van der Waals surface area contributed by atoms with E-state index in [1.807, 2.05) is 0 Å². The number of hydrogen-bond donors (Lipinski definition) is 2. The lowest BCUT2D eigenvalue weighted by Crippen LogP contribution is -2.15. The van der Waals surface area contributed by atoms with Crippen molar-refractivity contribution in [2.45, 2.75) is 12.8 Å². The first-order valence-corrected chi connectivity index (χ1v) is 7.92. The first kappa shape index (κ1) is 19.8. The lowest BCUT2D eigenvalue weighted by atomic mass is 10.2. The molecule has 0 saturated heterocycles. The van der Waals surface area contributed by atoms with Crippen molar-refractivity contribution in [1.82, 2.24) is 15.1 Å². The van der Waals surface area contributed by atoms with E-state index in [2.05, 4.69) is 25.0 Å². The number of aromatic nitrogens is 3. The van der Waals surface area contributed by atoms with Gasteiger partial charge in [-0.05, 0) is 30.3 Å². The van der Waals surface area contributed by atoms with Gasteiger partial charge in [-0.25, -0.2) is 4.79 Å². The van der Waals surface area contributed by atoms with Crippen LogP contribution in [-0.2, 0) is 17.5 Å². The molecule has 29 heavy (non-hydrogen) atoms. The molecule has 0 unspecified atom stereocenters. The summed E-state index contributed by atoms with van der Waals surface area (Å²) in [7, 11) is 0. The number of carbonyl (C=O) groups is 2. The number of halogens is 3. The van der Waals surface area contributed by atoms with Gasteiger partial charge in [-0.1, -0.05) is 11.2 Å². The lowest BCUT2D eigenvalue weighted by Gasteiger charge is -2.07. The Balaban J connectivity index is 1.55. The molecule has 0 radical (unpaired) electrons. The van der Waals surface area contributed by atoms with Gasteiger partial charge < -0.3 is 15.0 Å². The molecule has 9 nitrogen and oxygen atoms in total. The van der Waals surface area contributed by atoms with Crippen molar-refractivity contribution in [3.8, 4) is 11.4 Å². The van der Waals surface area contributed by atoms with Crippen molar-refractivity contribution >= 4 is 17.7 Å². The monoisotopic (exact) mass is 407 g/mol. The quantitative estimate of drug-likeness (QED) is 0.664. The molecule has 12 heteroatoms. The van der Waals surface area contributed by atoms with Crippen molar-refractivity contribution in [2.24, 2.45) is 5.73 Å². The van der Waals surface area contributed by atoms with Gasteiger partial charge in [0.25, 0.3) is 5.91 Å². The summed E-state index contributed by atoms with van der Waals surface area (Å²) >= 11 is 0. The number of amides is 2. The maximum absolute atomic E-state index is 12.5. The topological polar surface area (TPSA) is 133 Å². The Bertz CT molecular complexity index is 1020. The highest BCUT2D eigenvalue weighted by Gasteiger charge is 2.38. The summed E-state index contributed by atoms with van der Waals surface area (Å²) < 4.78 is 46.7. The second-order valence-corrected chi connectivity index (χ2v) is 5.62. The van der Waals surface area contributed by atoms with Crippen molar-refractivity contribution < 1.29 is 32.0 Å². The van der Waals surface area contributed by atoms with E-state index in [1.165, 1.54) is 42.6 Å². The number of primary amides is 1. The van der Waals surface area contributed by atoms with Crippen LogP contribution in [0.1, 0.15) is 21.9 Å². The first-order chi connectivity index (χ1) is 13.7. The van der Waals surface area contributed by atoms with E-state index >= 15 is 0 Å². The van der Waals surface area contributed by atoms with E-state index < -0.39 is 24.1 Å². The van der Waals surface area contributed by atoms with Gasteiger partial charge in [0.1, 0.15) is 12.3 Å². The number of hydrogen-bond acceptors (Lipinski definition) is 7. The van der Waals surface area contributed by atoms with Gasteiger partial charge in [-0.15, -0.1) is 0 Å². The summed E-state index contributed by atoms with van der Waals surface area (Å²) in [5, 5.41) is 5.72. The number of nitrogens with two attached hydrogens (primary N) is 1. The van der Waals surface area contributed by atoms with Crippen LogP contribution in [0.5, 0.6) is 0 Å². The number of nitrogens with one attached hydrogen (secondary N) is 1. The van der Waals surface area contributed by atoms with Gasteiger partial charge in [-0.3, -0.25) is 15.1 Å². The molecule has 0 spiro atoms. The molecule has 0 aliphatic carbocycles. The predicted molar refractivity (Wildman–Crippen MR) is 91.3 cm³/mol. The van der Waals surface area contributed by atoms with E-state index in [4.69, 9.17) is 10.5 Å². The van der Waals surface area contributed by atoms with Gasteiger partial charge in [-0.2, -0.15) is 18.2 Å². The second kappa shape index (κ2) is 7.96. The molecule has 2 aromatic heterocycles. The number of pyridine rings is 1. The highest BCUT2D eigenvalue weighted by molar-refractivity contribution is 5.90. The Morgan fingerprint density at radius 2 is 1.86 bits per heavy atom. The fourth-order valence-corrected chi connectivity index (χ4v) is 2.12. The van der Waals surface area contributed by atoms with Crippen molar-refractivity contribution in [1.29, 1.82) is 0 Å². The average molecular weight is 407 g/mol. The molecule has 0 bridgehead atoms. The number of carbonyl (C=O) groups excluding carboxylic acids is 2. The number of rotatable bonds is 5. The molecule has 3 aromatic rings. The summed E-state index contributed by atoms with van der Waals surface area (Å²) in [6.07, 6.45) is -4.15. The smallest absolute Gasteiger partial charge is 0.444 e. The van der Waals surface area contributed by atoms with Crippen LogP contribution in [-0.4, -0.2) is 27.1 Å². The summed E-state index contributed by atoms with van der Waals surface area (Å²) in [4.78, 5) is 29.9. The molecule has 0 atom stereocenters. The fraction of sp³-hybridized carbons (Fsp3) is 0.118. The first-order valence-electron chi connectivity index (χ1n) is 7.92. The van der Waals surface area contributed by atoms with Gasteiger partial charge in [0.05, 0.1) is 0 Å². The van der Waals surface area contributed by atoms with Crippen molar-refractivity contribution in [3.05, 3.63) is 59.7 Å². The Hall–Kier alpha value is -3.96. The highest BCUT2D eigenvalue weighted by atomic mass is 19.4. The van der Waals surface area contributed by atoms with Crippen LogP contribution in [0.2, 0.25) is 0 Å². The number of anilines is 1. The standard InChI is InChI=1S/C17H12F3N5O4/c18-17(19,20)15-24-14(25-29-15)10-2-4-11(5-3-10)23-16(27)28-8-9-1-6-12(13(21)26)22-7-9/h1-7H,8H2,(H2,21,26)(H,23,27). The summed E-state index contributed by atoms with van der Waals surface area (Å²) in [6, 6.07) is 8.63. The Kier molecular flexibility index (Phi) is 5.43. The molecule has 0 saturated carbocycles. The third kappa shape index (κ3) is 5.06. The van der Waals surface area contributed by atoms with E-state index in [1.54, 1.807) is 0 Å². The number of alkyl halides is 3. The Morgan fingerprint density at radius 1 is 1.14 bits per heavy atom. The maximum atomic E-state index is 12.5. The molecule has 150 valence electrons. The zero-order valence-electron chi connectivity index (χ0n) is 14.4. The Morgan fingerprint density at radius 3 is 2.41 bits per heavy atom. The molecule has 2 heterocycles. The predicted octanol–water partition coefficient (Wildman–Crippen LogP) is 3.00. The zero-order valence-corrected chi connectivity index (χ0v) is 14.4. The van der Waals surface area contributed by atoms with Crippen LogP contribution < -0.4 is 11.1 Å². The van der Waals surface area contributed by atoms with Crippen LogP contribution in [0.4, 0.5) is 23.7 Å². The van der Waals surface area contributed by atoms with Crippen molar-refractivity contribution in [3.63, 3.8) is 0 Å². The molecule has 0 aliphatic heterocycles. The number of benzene rings is 1. The van der Waals surface area contributed by atoms with E-state index in [0.29, 0.717) is 11.3 Å². The fourth-order valence-electron chi connectivity index (χ4n) is 2.12. The zero-order chi connectivity index (χ0) is 21.0. The van der Waals surface area contributed by atoms with Gasteiger partial charge in [0.15, 0.2) is 0 Å². The molecule has 0 aliphatic rings. The molecule has 3 rings (SSSR count). The van der Waals surface area contributed by atoms with E-state index in [-0.39, 0.29) is 23.7 Å². The second-order valence-electron chi connectivity index (χ2n) is 5.62. The summed E-state index contributed by atoms with van der Waals surface area (Å²) in [6.45, 7) is -0.0982. The molecule has 2 amide bonds. The summed E-state index contributed by atoms with van der Waals surface area (Å²) in [5.74, 6) is -2.36. The van der Waals surface area contributed by atoms with Crippen molar-refractivity contribution in [2.75, 3.05) is 5.32 Å². The lowest BCUT2D eigenvalue weighted by molar-refractivity contribution is -0.159. The van der Waals surface area contributed by atoms with Crippen LogP contribution in [0, 0.1) is 0 Å². The van der Waals surface area contributed by atoms with Gasteiger partial charge in [0.2, 0.25) is 5.82 Å². The molecule has 1 aromatic carbocycles. The van der Waals surface area contributed by atoms with Crippen LogP contribution in [0.25, 0.3) is 11.4 Å². The van der Waals surface area contributed by atoms with Crippen LogP contribution in [0.15, 0.2) is 47.1 Å². The molecule has 3 N–H and O–H groups in total. The van der Waals surface area contributed by atoms with E-state index in [9.17, 15) is 22.8 Å². The highest BCUT2D eigenvalue weighted by Crippen LogP contribution is 2.29. The van der Waals surface area contributed by atoms with Gasteiger partial charge in [0, 0.05) is 23.0 Å². The third-order valence-electron chi connectivity index (χ3n) is 3.51. The largest absolute Gasteiger partial charge is 0.471 e. The minimum atomic E-state index is -4.73. The number of nitrogens with zero attached hydrogens (tertiary/aromatic N) is 3. The molecule has 0 fully saturated rings. The average Bonchev–Trinajstić information content (AvgIpc) is 3.18. The summed E-state index contributed by atoms with van der Waals surface area (Å²) in [5.41, 5.74) is 6.31. The van der Waals surface area contributed by atoms with Crippen LogP contribution >= 0.6 is 0 Å². The Labute approximate surface area is 160 Å². The minimum Gasteiger partial charge on any atom is -0.444 e. The number of ether oxygens (including phenoxy) is 1. The molecular formula is C17H12F3N5O4.